The third-order valence-corrected chi connectivity index (χ3v) is 5.78. The predicted molar refractivity (Wildman–Crippen MR) is 130 cm³/mol. The Morgan fingerprint density at radius 1 is 1.19 bits per heavy atom. The number of rotatable bonds is 9. The first-order chi connectivity index (χ1) is 18.1. The molecule has 37 heavy (non-hydrogen) atoms. The van der Waals surface area contributed by atoms with Gasteiger partial charge in [-0.3, -0.25) is 9.69 Å². The molecule has 0 unspecified atom stereocenters. The van der Waals surface area contributed by atoms with Gasteiger partial charge in [-0.15, -0.1) is 5.10 Å². The minimum absolute atomic E-state index is 0.0186. The number of amides is 1. The van der Waals surface area contributed by atoms with E-state index in [-0.39, 0.29) is 29.8 Å². The van der Waals surface area contributed by atoms with E-state index in [1.165, 1.54) is 23.0 Å². The lowest BCUT2D eigenvalue weighted by Crippen LogP contribution is -2.26. The highest BCUT2D eigenvalue weighted by Gasteiger charge is 2.26. The van der Waals surface area contributed by atoms with Crippen molar-refractivity contribution in [3.05, 3.63) is 76.9 Å². The van der Waals surface area contributed by atoms with Gasteiger partial charge in [0.05, 0.1) is 6.21 Å². The van der Waals surface area contributed by atoms with Crippen molar-refractivity contribution < 1.29 is 18.6 Å². The van der Waals surface area contributed by atoms with Gasteiger partial charge in [0.15, 0.2) is 5.69 Å². The van der Waals surface area contributed by atoms with Gasteiger partial charge in [0.2, 0.25) is 11.6 Å². The predicted octanol–water partition coefficient (Wildman–Crippen LogP) is 2.31. The lowest BCUT2D eigenvalue weighted by atomic mass is 10.2. The van der Waals surface area contributed by atoms with Gasteiger partial charge in [0.25, 0.3) is 5.91 Å². The van der Waals surface area contributed by atoms with E-state index in [0.29, 0.717) is 18.0 Å². The normalized spacial score (nSPS) is 13.9. The number of nitrogens with two attached hydrogens (primary N) is 1. The van der Waals surface area contributed by atoms with Crippen molar-refractivity contribution in [3.63, 3.8) is 0 Å². The molecule has 1 fully saturated rings. The average molecular weight is 506 g/mol. The van der Waals surface area contributed by atoms with Gasteiger partial charge in [-0.25, -0.2) is 14.4 Å². The Morgan fingerprint density at radius 2 is 2.00 bits per heavy atom. The topological polar surface area (TPSA) is 150 Å². The molecule has 0 radical (unpaired) electrons. The van der Waals surface area contributed by atoms with E-state index in [2.05, 4.69) is 40.7 Å². The van der Waals surface area contributed by atoms with E-state index in [4.69, 9.17) is 10.5 Å². The maximum Gasteiger partial charge on any atom is 0.292 e. The number of ether oxygens (including phenoxy) is 1. The number of carbonyl (C=O) groups excluding carboxylic acids is 1. The van der Waals surface area contributed by atoms with Crippen molar-refractivity contribution in [2.24, 2.45) is 5.10 Å². The lowest BCUT2D eigenvalue weighted by Gasteiger charge is -2.13. The summed E-state index contributed by atoms with van der Waals surface area (Å²) < 4.78 is 24.9. The molecule has 190 valence electrons. The third-order valence-electron chi connectivity index (χ3n) is 5.78. The molecule has 0 aliphatic carbocycles. The van der Waals surface area contributed by atoms with Crippen molar-refractivity contribution in [3.8, 4) is 11.6 Å². The van der Waals surface area contributed by atoms with Gasteiger partial charge < -0.3 is 10.5 Å². The molecule has 0 bridgehead atoms. The summed E-state index contributed by atoms with van der Waals surface area (Å²) in [6.07, 6.45) is 3.68. The number of anilines is 1. The second-order valence-electron chi connectivity index (χ2n) is 8.44. The fraction of sp³-hybridized carbons (Fsp3) is 0.250. The first-order valence-electron chi connectivity index (χ1n) is 11.6. The molecule has 5 rings (SSSR count). The molecule has 1 saturated heterocycles. The first kappa shape index (κ1) is 24.1. The standard InChI is InChI=1S/C24H24FN9O3/c25-18-5-3-4-17(12-18)15-36-19-8-6-16(7-9-19)13-27-29-24(35)21-20(14-33-10-1-2-11-33)28-32-34(21)23-22(26)30-37-31-23/h3-9,12-13H,1-2,10-11,14-15H2,(H2,26,30)(H,29,35)/b27-13-. The van der Waals surface area contributed by atoms with Gasteiger partial charge in [0.1, 0.15) is 23.9 Å². The number of nitrogens with zero attached hydrogens (tertiary/aromatic N) is 7. The monoisotopic (exact) mass is 505 g/mol. The summed E-state index contributed by atoms with van der Waals surface area (Å²) in [5.74, 6) is -0.172. The fourth-order valence-corrected chi connectivity index (χ4v) is 3.95. The summed E-state index contributed by atoms with van der Waals surface area (Å²) in [5, 5.41) is 19.6. The highest BCUT2D eigenvalue weighted by Crippen LogP contribution is 2.19. The zero-order chi connectivity index (χ0) is 25.6. The van der Waals surface area contributed by atoms with Crippen LogP contribution in [-0.2, 0) is 13.2 Å². The number of hydrogen-bond donors (Lipinski definition) is 2. The minimum Gasteiger partial charge on any atom is -0.489 e. The Labute approximate surface area is 210 Å². The Balaban J connectivity index is 1.25. The van der Waals surface area contributed by atoms with Crippen molar-refractivity contribution in [2.45, 2.75) is 26.0 Å². The summed E-state index contributed by atoms with van der Waals surface area (Å²) in [4.78, 5) is 15.3. The molecule has 1 aliphatic rings. The number of halogens is 1. The third kappa shape index (κ3) is 5.78. The smallest absolute Gasteiger partial charge is 0.292 e. The molecule has 2 aromatic carbocycles. The molecule has 3 N–H and O–H groups in total. The van der Waals surface area contributed by atoms with Crippen LogP contribution in [0.15, 0.2) is 58.3 Å². The van der Waals surface area contributed by atoms with Crippen LogP contribution in [0.4, 0.5) is 10.2 Å². The molecular weight excluding hydrogens is 481 g/mol. The van der Waals surface area contributed by atoms with Crippen LogP contribution in [0.5, 0.6) is 5.75 Å². The van der Waals surface area contributed by atoms with Gasteiger partial charge >= 0.3 is 0 Å². The Hall–Kier alpha value is -4.65. The van der Waals surface area contributed by atoms with E-state index in [1.807, 2.05) is 0 Å². The van der Waals surface area contributed by atoms with Gasteiger partial charge in [-0.1, -0.05) is 17.3 Å². The summed E-state index contributed by atoms with van der Waals surface area (Å²) >= 11 is 0. The van der Waals surface area contributed by atoms with Gasteiger partial charge in [0, 0.05) is 6.54 Å². The molecule has 12 nitrogen and oxygen atoms in total. The summed E-state index contributed by atoms with van der Waals surface area (Å²) in [5.41, 5.74) is 10.4. The van der Waals surface area contributed by atoms with Crippen LogP contribution in [0.1, 0.15) is 40.2 Å². The summed E-state index contributed by atoms with van der Waals surface area (Å²) in [6, 6.07) is 13.3. The number of carbonyl (C=O) groups is 1. The van der Waals surface area contributed by atoms with E-state index < -0.39 is 5.91 Å². The summed E-state index contributed by atoms with van der Waals surface area (Å²) in [7, 11) is 0. The number of nitrogen functional groups attached to an aromatic ring is 1. The first-order valence-corrected chi connectivity index (χ1v) is 11.6. The molecular formula is C24H24FN9O3. The molecule has 2 aromatic heterocycles. The Bertz CT molecular complexity index is 1390. The van der Waals surface area contributed by atoms with Crippen LogP contribution in [0, 0.1) is 5.82 Å². The lowest BCUT2D eigenvalue weighted by molar-refractivity contribution is 0.0945. The zero-order valence-electron chi connectivity index (χ0n) is 19.7. The molecule has 0 atom stereocenters. The fourth-order valence-electron chi connectivity index (χ4n) is 3.95. The number of nitrogens with one attached hydrogen (secondary N) is 1. The molecule has 1 aliphatic heterocycles. The van der Waals surface area contributed by atoms with Gasteiger partial charge in [-0.2, -0.15) is 9.78 Å². The highest BCUT2D eigenvalue weighted by molar-refractivity contribution is 5.95. The van der Waals surface area contributed by atoms with Crippen LogP contribution in [-0.4, -0.2) is 55.4 Å². The zero-order valence-corrected chi connectivity index (χ0v) is 19.7. The number of hydrogen-bond acceptors (Lipinski definition) is 10. The molecule has 4 aromatic rings. The van der Waals surface area contributed by atoms with E-state index in [9.17, 15) is 9.18 Å². The second-order valence-corrected chi connectivity index (χ2v) is 8.44. The van der Waals surface area contributed by atoms with E-state index >= 15 is 0 Å². The molecule has 1 amide bonds. The number of likely N-dealkylation sites (tertiary alicyclic amines) is 1. The number of benzene rings is 2. The van der Waals surface area contributed by atoms with Crippen LogP contribution in [0.2, 0.25) is 0 Å². The van der Waals surface area contributed by atoms with Crippen LogP contribution in [0.3, 0.4) is 0 Å². The molecule has 13 heteroatoms. The van der Waals surface area contributed by atoms with Crippen molar-refractivity contribution in [2.75, 3.05) is 18.8 Å². The van der Waals surface area contributed by atoms with Crippen molar-refractivity contribution in [1.82, 2.24) is 35.6 Å². The molecule has 0 saturated carbocycles. The Kier molecular flexibility index (Phi) is 7.12. The molecule has 0 spiro atoms. The quantitative estimate of drug-likeness (QED) is 0.258. The van der Waals surface area contributed by atoms with E-state index in [0.717, 1.165) is 37.1 Å². The van der Waals surface area contributed by atoms with Crippen molar-refractivity contribution in [1.29, 1.82) is 0 Å². The van der Waals surface area contributed by atoms with E-state index in [1.54, 1.807) is 36.4 Å². The van der Waals surface area contributed by atoms with Crippen LogP contribution in [0.25, 0.3) is 5.82 Å². The summed E-state index contributed by atoms with van der Waals surface area (Å²) in [6.45, 7) is 2.53. The van der Waals surface area contributed by atoms with Crippen molar-refractivity contribution >= 4 is 17.9 Å². The van der Waals surface area contributed by atoms with Crippen LogP contribution >= 0.6 is 0 Å². The second kappa shape index (κ2) is 11.0. The highest BCUT2D eigenvalue weighted by atomic mass is 19.1. The Morgan fingerprint density at radius 3 is 2.73 bits per heavy atom. The largest absolute Gasteiger partial charge is 0.489 e. The average Bonchev–Trinajstić information content (AvgIpc) is 3.65. The SMILES string of the molecule is Nc1nonc1-n1nnc(CN2CCCC2)c1C(=O)N/N=C\c1ccc(OCc2cccc(F)c2)cc1. The maximum absolute atomic E-state index is 13.3. The minimum atomic E-state index is -0.534. The number of aromatic nitrogens is 5. The molecule has 3 heterocycles. The van der Waals surface area contributed by atoms with Gasteiger partial charge in [-0.05, 0) is 83.8 Å². The maximum atomic E-state index is 13.3. The van der Waals surface area contributed by atoms with Crippen LogP contribution < -0.4 is 15.9 Å². The number of hydrazone groups is 1.